The standard InChI is InChI=1S/C19H18IN5O3/c20-11-4-7-16(14(8-11)19(26)27)28-13-6-5-12(9-13)25-10-22-24-18(25)15-2-1-3-17(21)23-15/h1-4,7-8,10,12-13H,5-6,9H2,(H2,21,23)(H,26,27)/t12-,13+/m0/s1. The van der Waals surface area contributed by atoms with Crippen LogP contribution in [0.1, 0.15) is 35.7 Å². The number of aromatic carboxylic acids is 1. The number of rotatable bonds is 5. The molecule has 0 saturated heterocycles. The van der Waals surface area contributed by atoms with Crippen molar-refractivity contribution in [2.24, 2.45) is 0 Å². The molecule has 28 heavy (non-hydrogen) atoms. The summed E-state index contributed by atoms with van der Waals surface area (Å²) in [4.78, 5) is 15.8. The van der Waals surface area contributed by atoms with Gasteiger partial charge in [0.15, 0.2) is 5.82 Å². The zero-order chi connectivity index (χ0) is 19.7. The smallest absolute Gasteiger partial charge is 0.339 e. The van der Waals surface area contributed by atoms with E-state index in [0.29, 0.717) is 23.1 Å². The molecule has 144 valence electrons. The van der Waals surface area contributed by atoms with Crippen LogP contribution < -0.4 is 10.5 Å². The number of hydrogen-bond acceptors (Lipinski definition) is 6. The lowest BCUT2D eigenvalue weighted by molar-refractivity contribution is 0.0689. The fraction of sp³-hybridized carbons (Fsp3) is 0.263. The molecule has 2 atom stereocenters. The number of nitrogens with zero attached hydrogens (tertiary/aromatic N) is 4. The molecule has 8 nitrogen and oxygen atoms in total. The van der Waals surface area contributed by atoms with E-state index < -0.39 is 5.97 Å². The highest BCUT2D eigenvalue weighted by atomic mass is 127. The Kier molecular flexibility index (Phi) is 5.16. The van der Waals surface area contributed by atoms with Gasteiger partial charge < -0.3 is 20.1 Å². The fourth-order valence-electron chi connectivity index (χ4n) is 3.50. The van der Waals surface area contributed by atoms with Crippen molar-refractivity contribution in [3.05, 3.63) is 51.9 Å². The third-order valence-electron chi connectivity index (χ3n) is 4.79. The van der Waals surface area contributed by atoms with E-state index in [1.165, 1.54) is 0 Å². The number of nitrogens with two attached hydrogens (primary N) is 1. The molecule has 0 unspecified atom stereocenters. The minimum Gasteiger partial charge on any atom is -0.489 e. The molecule has 0 amide bonds. The number of anilines is 1. The van der Waals surface area contributed by atoms with Gasteiger partial charge in [0, 0.05) is 16.0 Å². The first-order chi connectivity index (χ1) is 13.5. The van der Waals surface area contributed by atoms with Crippen molar-refractivity contribution in [2.45, 2.75) is 31.4 Å². The van der Waals surface area contributed by atoms with Gasteiger partial charge in [0.2, 0.25) is 0 Å². The molecule has 4 rings (SSSR count). The quantitative estimate of drug-likeness (QED) is 0.526. The van der Waals surface area contributed by atoms with Crippen molar-refractivity contribution in [2.75, 3.05) is 5.73 Å². The Bertz CT molecular complexity index is 1020. The highest BCUT2D eigenvalue weighted by molar-refractivity contribution is 14.1. The summed E-state index contributed by atoms with van der Waals surface area (Å²) in [6.07, 6.45) is 4.05. The van der Waals surface area contributed by atoms with E-state index in [4.69, 9.17) is 10.5 Å². The van der Waals surface area contributed by atoms with Gasteiger partial charge in [-0.2, -0.15) is 0 Å². The molecule has 3 N–H and O–H groups in total. The Balaban J connectivity index is 1.52. The second-order valence-electron chi connectivity index (χ2n) is 6.66. The number of halogens is 1. The zero-order valence-corrected chi connectivity index (χ0v) is 17.0. The molecular weight excluding hydrogens is 473 g/mol. The van der Waals surface area contributed by atoms with Crippen LogP contribution in [-0.4, -0.2) is 36.9 Å². The van der Waals surface area contributed by atoms with E-state index >= 15 is 0 Å². The summed E-state index contributed by atoms with van der Waals surface area (Å²) in [5.41, 5.74) is 6.65. The van der Waals surface area contributed by atoms with Crippen molar-refractivity contribution in [3.8, 4) is 17.3 Å². The molecule has 1 aromatic carbocycles. The van der Waals surface area contributed by atoms with Gasteiger partial charge in [-0.25, -0.2) is 9.78 Å². The predicted octanol–water partition coefficient (Wildman–Crippen LogP) is 3.40. The number of nitrogen functional groups attached to an aromatic ring is 1. The van der Waals surface area contributed by atoms with Gasteiger partial charge in [-0.15, -0.1) is 10.2 Å². The van der Waals surface area contributed by atoms with Crippen LogP contribution in [-0.2, 0) is 0 Å². The summed E-state index contributed by atoms with van der Waals surface area (Å²) in [5.74, 6) is 0.509. The van der Waals surface area contributed by atoms with Crippen molar-refractivity contribution in [3.63, 3.8) is 0 Å². The second-order valence-corrected chi connectivity index (χ2v) is 7.91. The first kappa shape index (κ1) is 18.7. The summed E-state index contributed by atoms with van der Waals surface area (Å²) in [5, 5.41) is 17.7. The Hall–Kier alpha value is -2.69. The van der Waals surface area contributed by atoms with E-state index in [1.54, 1.807) is 24.5 Å². The number of aromatic nitrogens is 4. The van der Waals surface area contributed by atoms with Crippen molar-refractivity contribution < 1.29 is 14.6 Å². The molecule has 0 aliphatic heterocycles. The number of carboxylic acids is 1. The maximum Gasteiger partial charge on any atom is 0.339 e. The van der Waals surface area contributed by atoms with Crippen LogP contribution in [0.4, 0.5) is 5.82 Å². The summed E-state index contributed by atoms with van der Waals surface area (Å²) in [6, 6.07) is 10.7. The van der Waals surface area contributed by atoms with Gasteiger partial charge in [-0.05, 0) is 65.8 Å². The van der Waals surface area contributed by atoms with E-state index in [-0.39, 0.29) is 17.7 Å². The van der Waals surface area contributed by atoms with Gasteiger partial charge in [0.05, 0.1) is 0 Å². The first-order valence-corrected chi connectivity index (χ1v) is 9.91. The second kappa shape index (κ2) is 7.74. The molecule has 2 heterocycles. The van der Waals surface area contributed by atoms with Crippen LogP contribution >= 0.6 is 22.6 Å². The van der Waals surface area contributed by atoms with Crippen LogP contribution in [0.2, 0.25) is 0 Å². The lowest BCUT2D eigenvalue weighted by Gasteiger charge is -2.17. The first-order valence-electron chi connectivity index (χ1n) is 8.83. The average molecular weight is 491 g/mol. The fourth-order valence-corrected chi connectivity index (χ4v) is 3.99. The minimum atomic E-state index is -0.989. The molecule has 0 spiro atoms. The van der Waals surface area contributed by atoms with Crippen LogP contribution in [0, 0.1) is 3.57 Å². The maximum absolute atomic E-state index is 11.5. The van der Waals surface area contributed by atoms with Crippen LogP contribution in [0.25, 0.3) is 11.5 Å². The van der Waals surface area contributed by atoms with Crippen LogP contribution in [0.3, 0.4) is 0 Å². The Morgan fingerprint density at radius 3 is 2.93 bits per heavy atom. The number of ether oxygens (including phenoxy) is 1. The van der Waals surface area contributed by atoms with Crippen molar-refractivity contribution >= 4 is 34.4 Å². The summed E-state index contributed by atoms with van der Waals surface area (Å²) in [7, 11) is 0. The normalized spacial score (nSPS) is 18.9. The molecule has 1 aliphatic rings. The minimum absolute atomic E-state index is 0.0767. The van der Waals surface area contributed by atoms with Gasteiger partial charge in [0.1, 0.15) is 35.3 Å². The molecule has 1 saturated carbocycles. The zero-order valence-electron chi connectivity index (χ0n) is 14.8. The maximum atomic E-state index is 11.5. The topological polar surface area (TPSA) is 116 Å². The third kappa shape index (κ3) is 3.79. The molecule has 1 fully saturated rings. The summed E-state index contributed by atoms with van der Waals surface area (Å²) < 4.78 is 8.90. The van der Waals surface area contributed by atoms with E-state index in [0.717, 1.165) is 22.8 Å². The molecule has 2 aromatic heterocycles. The molecule has 3 aromatic rings. The molecule has 0 radical (unpaired) electrons. The van der Waals surface area contributed by atoms with Crippen molar-refractivity contribution in [1.82, 2.24) is 19.7 Å². The van der Waals surface area contributed by atoms with Gasteiger partial charge in [-0.3, -0.25) is 0 Å². The van der Waals surface area contributed by atoms with E-state index in [2.05, 4.69) is 37.8 Å². The van der Waals surface area contributed by atoms with Crippen LogP contribution in [0.5, 0.6) is 5.75 Å². The van der Waals surface area contributed by atoms with Crippen molar-refractivity contribution in [1.29, 1.82) is 0 Å². The monoisotopic (exact) mass is 491 g/mol. The van der Waals surface area contributed by atoms with Crippen LogP contribution in [0.15, 0.2) is 42.7 Å². The third-order valence-corrected chi connectivity index (χ3v) is 5.46. The lowest BCUT2D eigenvalue weighted by atomic mass is 10.2. The number of carbonyl (C=O) groups is 1. The average Bonchev–Trinajstić information content (AvgIpc) is 3.32. The number of pyridine rings is 1. The van der Waals surface area contributed by atoms with Gasteiger partial charge in [-0.1, -0.05) is 6.07 Å². The molecule has 9 heteroatoms. The number of hydrogen-bond donors (Lipinski definition) is 2. The Morgan fingerprint density at radius 2 is 2.14 bits per heavy atom. The summed E-state index contributed by atoms with van der Waals surface area (Å²) >= 11 is 2.09. The van der Waals surface area contributed by atoms with E-state index in [1.807, 2.05) is 22.8 Å². The molecule has 0 bridgehead atoms. The lowest BCUT2D eigenvalue weighted by Crippen LogP contribution is -2.16. The Morgan fingerprint density at radius 1 is 1.29 bits per heavy atom. The highest BCUT2D eigenvalue weighted by Crippen LogP contribution is 2.36. The predicted molar refractivity (Wildman–Crippen MR) is 111 cm³/mol. The molecule has 1 aliphatic carbocycles. The molecular formula is C19H18IN5O3. The van der Waals surface area contributed by atoms with E-state index in [9.17, 15) is 9.90 Å². The summed E-state index contributed by atoms with van der Waals surface area (Å²) in [6.45, 7) is 0. The van der Waals surface area contributed by atoms with Gasteiger partial charge >= 0.3 is 5.97 Å². The largest absolute Gasteiger partial charge is 0.489 e. The number of benzene rings is 1. The van der Waals surface area contributed by atoms with Gasteiger partial charge in [0.25, 0.3) is 0 Å². The SMILES string of the molecule is Nc1cccc(-c2nncn2[C@H]2CC[C@@H](Oc3ccc(I)cc3C(=O)O)C2)n1. The Labute approximate surface area is 174 Å². The number of carboxylic acid groups (broad SMARTS) is 1. The highest BCUT2D eigenvalue weighted by Gasteiger charge is 2.30.